The van der Waals surface area contributed by atoms with Gasteiger partial charge in [0, 0.05) is 22.8 Å². The van der Waals surface area contributed by atoms with Crippen LogP contribution in [0.5, 0.6) is 0 Å². The van der Waals surface area contributed by atoms with Crippen LogP contribution in [0.25, 0.3) is 0 Å². The van der Waals surface area contributed by atoms with Crippen molar-refractivity contribution in [2.45, 2.75) is 6.54 Å². The van der Waals surface area contributed by atoms with Crippen LogP contribution in [0.1, 0.15) is 15.9 Å². The lowest BCUT2D eigenvalue weighted by Crippen LogP contribution is -2.28. The molecule has 0 spiro atoms. The third-order valence-electron chi connectivity index (χ3n) is 2.78. The normalized spacial score (nSPS) is 9.95. The molecule has 2 aromatic rings. The second kappa shape index (κ2) is 6.76. The number of carbonyl (C=O) groups excluding carboxylic acids is 2. The minimum absolute atomic E-state index is 0.216. The molecule has 0 aliphatic heterocycles. The van der Waals surface area contributed by atoms with Gasteiger partial charge in [-0.15, -0.1) is 0 Å². The first-order valence-electron chi connectivity index (χ1n) is 6.24. The SMILES string of the molecule is NC(=O)NCc1ccc(C(=O)Nc2ccc(Cl)cc2)cc1. The number of benzene rings is 2. The van der Waals surface area contributed by atoms with E-state index in [1.165, 1.54) is 0 Å². The van der Waals surface area contributed by atoms with Crippen LogP contribution in [0.15, 0.2) is 48.5 Å². The van der Waals surface area contributed by atoms with Crippen molar-refractivity contribution in [2.24, 2.45) is 5.73 Å². The van der Waals surface area contributed by atoms with E-state index in [0.717, 1.165) is 5.56 Å². The smallest absolute Gasteiger partial charge is 0.312 e. The number of anilines is 1. The first-order chi connectivity index (χ1) is 10.0. The van der Waals surface area contributed by atoms with Crippen LogP contribution in [-0.2, 0) is 6.54 Å². The Morgan fingerprint density at radius 2 is 1.62 bits per heavy atom. The minimum Gasteiger partial charge on any atom is -0.352 e. The summed E-state index contributed by atoms with van der Waals surface area (Å²) in [6.07, 6.45) is 0. The fraction of sp³-hybridized carbons (Fsp3) is 0.0667. The Balaban J connectivity index is 1.99. The summed E-state index contributed by atoms with van der Waals surface area (Å²) in [6, 6.07) is 13.2. The molecular formula is C15H14ClN3O2. The highest BCUT2D eigenvalue weighted by molar-refractivity contribution is 6.30. The molecule has 6 heteroatoms. The maximum atomic E-state index is 12.0. The van der Waals surface area contributed by atoms with Gasteiger partial charge in [0.15, 0.2) is 0 Å². The van der Waals surface area contributed by atoms with Crippen LogP contribution in [-0.4, -0.2) is 11.9 Å². The topological polar surface area (TPSA) is 84.2 Å². The maximum absolute atomic E-state index is 12.0. The van der Waals surface area contributed by atoms with Crippen molar-refractivity contribution in [3.63, 3.8) is 0 Å². The quantitative estimate of drug-likeness (QED) is 0.811. The van der Waals surface area contributed by atoms with E-state index in [-0.39, 0.29) is 5.91 Å². The first kappa shape index (κ1) is 14.9. The van der Waals surface area contributed by atoms with Crippen molar-refractivity contribution in [2.75, 3.05) is 5.32 Å². The fourth-order valence-electron chi connectivity index (χ4n) is 1.70. The lowest BCUT2D eigenvalue weighted by Gasteiger charge is -2.07. The lowest BCUT2D eigenvalue weighted by molar-refractivity contribution is 0.102. The van der Waals surface area contributed by atoms with Crippen LogP contribution in [0, 0.1) is 0 Å². The van der Waals surface area contributed by atoms with E-state index in [1.807, 2.05) is 0 Å². The van der Waals surface area contributed by atoms with Crippen LogP contribution in [0.3, 0.4) is 0 Å². The molecule has 0 heterocycles. The van der Waals surface area contributed by atoms with Crippen molar-refractivity contribution in [1.82, 2.24) is 5.32 Å². The van der Waals surface area contributed by atoms with E-state index in [9.17, 15) is 9.59 Å². The molecule has 0 atom stereocenters. The molecule has 0 aliphatic carbocycles. The molecule has 0 bridgehead atoms. The number of primary amides is 1. The van der Waals surface area contributed by atoms with E-state index in [1.54, 1.807) is 48.5 Å². The average molecular weight is 304 g/mol. The van der Waals surface area contributed by atoms with Gasteiger partial charge in [-0.05, 0) is 42.0 Å². The molecule has 2 rings (SSSR count). The molecule has 0 aliphatic rings. The Kier molecular flexibility index (Phi) is 4.79. The van der Waals surface area contributed by atoms with E-state index < -0.39 is 6.03 Å². The molecule has 0 fully saturated rings. The first-order valence-corrected chi connectivity index (χ1v) is 6.61. The minimum atomic E-state index is -0.584. The van der Waals surface area contributed by atoms with Crippen LogP contribution in [0.4, 0.5) is 10.5 Å². The van der Waals surface area contributed by atoms with E-state index in [4.69, 9.17) is 17.3 Å². The number of nitrogens with one attached hydrogen (secondary N) is 2. The number of hydrogen-bond donors (Lipinski definition) is 3. The number of nitrogens with two attached hydrogens (primary N) is 1. The van der Waals surface area contributed by atoms with Gasteiger partial charge in [0.2, 0.25) is 0 Å². The molecule has 0 saturated carbocycles. The van der Waals surface area contributed by atoms with Gasteiger partial charge in [-0.2, -0.15) is 0 Å². The predicted octanol–water partition coefficient (Wildman–Crippen LogP) is 2.76. The highest BCUT2D eigenvalue weighted by Crippen LogP contribution is 2.14. The van der Waals surface area contributed by atoms with Gasteiger partial charge in [-0.3, -0.25) is 4.79 Å². The number of carbonyl (C=O) groups is 2. The second-order valence-corrected chi connectivity index (χ2v) is 4.81. The standard InChI is InChI=1S/C15H14ClN3O2/c16-12-5-7-13(8-6-12)19-14(20)11-3-1-10(2-4-11)9-18-15(17)21/h1-8H,9H2,(H,19,20)(H3,17,18,21). The number of halogens is 1. The zero-order valence-electron chi connectivity index (χ0n) is 11.1. The third kappa shape index (κ3) is 4.50. The summed E-state index contributed by atoms with van der Waals surface area (Å²) in [6.45, 7) is 0.328. The van der Waals surface area contributed by atoms with Crippen molar-refractivity contribution in [1.29, 1.82) is 0 Å². The molecule has 0 aromatic heterocycles. The fourth-order valence-corrected chi connectivity index (χ4v) is 1.83. The van der Waals surface area contributed by atoms with Crippen molar-refractivity contribution >= 4 is 29.2 Å². The van der Waals surface area contributed by atoms with Crippen molar-refractivity contribution < 1.29 is 9.59 Å². The Morgan fingerprint density at radius 1 is 1.00 bits per heavy atom. The van der Waals surface area contributed by atoms with Crippen LogP contribution in [0.2, 0.25) is 5.02 Å². The third-order valence-corrected chi connectivity index (χ3v) is 3.04. The lowest BCUT2D eigenvalue weighted by atomic mass is 10.1. The summed E-state index contributed by atoms with van der Waals surface area (Å²) in [4.78, 5) is 22.7. The highest BCUT2D eigenvalue weighted by Gasteiger charge is 2.06. The molecule has 2 aromatic carbocycles. The second-order valence-electron chi connectivity index (χ2n) is 4.38. The summed E-state index contributed by atoms with van der Waals surface area (Å²) in [5.74, 6) is -0.216. The van der Waals surface area contributed by atoms with Crippen LogP contribution < -0.4 is 16.4 Å². The summed E-state index contributed by atoms with van der Waals surface area (Å²) in [5.41, 5.74) is 7.04. The Bertz CT molecular complexity index is 639. The zero-order chi connectivity index (χ0) is 15.2. The molecule has 0 unspecified atom stereocenters. The van der Waals surface area contributed by atoms with E-state index in [0.29, 0.717) is 22.8 Å². The highest BCUT2D eigenvalue weighted by atomic mass is 35.5. The predicted molar refractivity (Wildman–Crippen MR) is 82.3 cm³/mol. The summed E-state index contributed by atoms with van der Waals surface area (Å²) < 4.78 is 0. The number of amides is 3. The largest absolute Gasteiger partial charge is 0.352 e. The number of rotatable bonds is 4. The van der Waals surface area contributed by atoms with Gasteiger partial charge in [-0.25, -0.2) is 4.79 Å². The molecule has 0 radical (unpaired) electrons. The molecule has 108 valence electrons. The van der Waals surface area contributed by atoms with Gasteiger partial charge in [0.1, 0.15) is 0 Å². The van der Waals surface area contributed by atoms with Crippen LogP contribution >= 0.6 is 11.6 Å². The molecule has 0 saturated heterocycles. The molecule has 5 nitrogen and oxygen atoms in total. The van der Waals surface area contributed by atoms with Gasteiger partial charge < -0.3 is 16.4 Å². The zero-order valence-corrected chi connectivity index (χ0v) is 11.9. The van der Waals surface area contributed by atoms with E-state index >= 15 is 0 Å². The maximum Gasteiger partial charge on any atom is 0.312 e. The summed E-state index contributed by atoms with van der Waals surface area (Å²) in [5, 5.41) is 5.86. The van der Waals surface area contributed by atoms with Gasteiger partial charge in [-0.1, -0.05) is 23.7 Å². The van der Waals surface area contributed by atoms with Gasteiger partial charge in [0.05, 0.1) is 0 Å². The summed E-state index contributed by atoms with van der Waals surface area (Å²) in [7, 11) is 0. The van der Waals surface area contributed by atoms with Crippen molar-refractivity contribution in [3.8, 4) is 0 Å². The monoisotopic (exact) mass is 303 g/mol. The molecule has 3 amide bonds. The van der Waals surface area contributed by atoms with E-state index in [2.05, 4.69) is 10.6 Å². The Morgan fingerprint density at radius 3 is 2.19 bits per heavy atom. The number of urea groups is 1. The van der Waals surface area contributed by atoms with Gasteiger partial charge >= 0.3 is 6.03 Å². The average Bonchev–Trinajstić information content (AvgIpc) is 2.48. The van der Waals surface area contributed by atoms with Crippen molar-refractivity contribution in [3.05, 3.63) is 64.7 Å². The Labute approximate surface area is 127 Å². The summed E-state index contributed by atoms with van der Waals surface area (Å²) >= 11 is 5.78. The molecular weight excluding hydrogens is 290 g/mol. The van der Waals surface area contributed by atoms with Gasteiger partial charge in [0.25, 0.3) is 5.91 Å². The Hall–Kier alpha value is -2.53. The molecule has 4 N–H and O–H groups in total. The molecule has 21 heavy (non-hydrogen) atoms. The number of hydrogen-bond acceptors (Lipinski definition) is 2.